The number of aromatic nitrogens is 1. The molecule has 6 aromatic rings. The number of rotatable bonds is 6. The SMILES string of the molecule is C[Si](C)(C)c1ccc(N(c2ccc(-n3c4ccccc4c4ccccc43)cc2)c2ccc([Si](C)(C)C)cc2)cc1. The number of nitrogens with zero attached hydrogens (tertiary/aromatic N) is 2. The van der Waals surface area contributed by atoms with Crippen molar-refractivity contribution < 1.29 is 0 Å². The summed E-state index contributed by atoms with van der Waals surface area (Å²) < 4.78 is 2.38. The Morgan fingerprint density at radius 1 is 0.425 bits per heavy atom. The Kier molecular flexibility index (Phi) is 6.56. The third-order valence-electron chi connectivity index (χ3n) is 7.93. The highest BCUT2D eigenvalue weighted by Crippen LogP contribution is 2.36. The maximum absolute atomic E-state index is 2.41. The lowest BCUT2D eigenvalue weighted by molar-refractivity contribution is 1.17. The van der Waals surface area contributed by atoms with Crippen molar-refractivity contribution in [1.29, 1.82) is 0 Å². The predicted molar refractivity (Wildman–Crippen MR) is 181 cm³/mol. The largest absolute Gasteiger partial charge is 0.311 e. The Balaban J connectivity index is 1.46. The summed E-state index contributed by atoms with van der Waals surface area (Å²) in [6, 6.07) is 44.9. The first-order valence-electron chi connectivity index (χ1n) is 14.2. The van der Waals surface area contributed by atoms with E-state index >= 15 is 0 Å². The van der Waals surface area contributed by atoms with Crippen molar-refractivity contribution in [3.05, 3.63) is 121 Å². The molecule has 0 N–H and O–H groups in total. The van der Waals surface area contributed by atoms with Gasteiger partial charge < -0.3 is 9.47 Å². The van der Waals surface area contributed by atoms with Crippen LogP contribution in [0.15, 0.2) is 121 Å². The van der Waals surface area contributed by atoms with Crippen molar-refractivity contribution in [2.45, 2.75) is 39.3 Å². The Bertz CT molecular complexity index is 1670. The third-order valence-corrected chi connectivity index (χ3v) is 12.1. The van der Waals surface area contributed by atoms with Crippen LogP contribution in [0.3, 0.4) is 0 Å². The average molecular weight is 555 g/mol. The van der Waals surface area contributed by atoms with Crippen LogP contribution in [-0.4, -0.2) is 20.7 Å². The lowest BCUT2D eigenvalue weighted by atomic mass is 10.2. The zero-order valence-electron chi connectivity index (χ0n) is 24.4. The van der Waals surface area contributed by atoms with Gasteiger partial charge in [-0.2, -0.15) is 0 Å². The maximum atomic E-state index is 2.41. The van der Waals surface area contributed by atoms with E-state index in [-0.39, 0.29) is 0 Å². The summed E-state index contributed by atoms with van der Waals surface area (Å²) in [5.41, 5.74) is 7.17. The second kappa shape index (κ2) is 9.95. The molecule has 6 rings (SSSR count). The number of para-hydroxylation sites is 2. The van der Waals surface area contributed by atoms with E-state index in [4.69, 9.17) is 0 Å². The highest BCUT2D eigenvalue weighted by atomic mass is 28.3. The number of benzene rings is 5. The van der Waals surface area contributed by atoms with Gasteiger partial charge in [0.05, 0.1) is 27.2 Å². The van der Waals surface area contributed by atoms with E-state index in [1.807, 2.05) is 0 Å². The van der Waals surface area contributed by atoms with Gasteiger partial charge in [0.1, 0.15) is 0 Å². The standard InChI is InChI=1S/C36H38N2Si2/c1-39(2,3)31-23-19-28(20-24-31)37(29-21-25-32(26-22-29)40(4,5)6)27-15-17-30(18-16-27)38-35-13-9-7-11-33(35)34-12-8-10-14-36(34)38/h7-26H,1-6H3. The van der Waals surface area contributed by atoms with Crippen LogP contribution in [0.2, 0.25) is 39.3 Å². The molecular formula is C36H38N2Si2. The van der Waals surface area contributed by atoms with Gasteiger partial charge in [-0.05, 0) is 60.7 Å². The van der Waals surface area contributed by atoms with E-state index in [1.54, 1.807) is 0 Å². The van der Waals surface area contributed by atoms with Crippen molar-refractivity contribution in [2.75, 3.05) is 4.90 Å². The van der Waals surface area contributed by atoms with Crippen LogP contribution in [0, 0.1) is 0 Å². The van der Waals surface area contributed by atoms with Crippen LogP contribution in [0.1, 0.15) is 0 Å². The maximum Gasteiger partial charge on any atom is 0.0775 e. The van der Waals surface area contributed by atoms with Gasteiger partial charge >= 0.3 is 0 Å². The molecule has 40 heavy (non-hydrogen) atoms. The summed E-state index contributed by atoms with van der Waals surface area (Å²) in [6.45, 7) is 14.4. The Morgan fingerprint density at radius 2 is 0.775 bits per heavy atom. The molecule has 0 spiro atoms. The summed E-state index contributed by atoms with van der Waals surface area (Å²) in [5.74, 6) is 0. The zero-order valence-corrected chi connectivity index (χ0v) is 26.4. The minimum absolute atomic E-state index is 1.16. The summed E-state index contributed by atoms with van der Waals surface area (Å²) in [5, 5.41) is 5.53. The number of hydrogen-bond acceptors (Lipinski definition) is 1. The normalized spacial score (nSPS) is 12.2. The molecule has 200 valence electrons. The van der Waals surface area contributed by atoms with Crippen LogP contribution < -0.4 is 15.3 Å². The van der Waals surface area contributed by atoms with Gasteiger partial charge in [-0.15, -0.1) is 0 Å². The minimum atomic E-state index is -1.38. The monoisotopic (exact) mass is 554 g/mol. The van der Waals surface area contributed by atoms with Crippen LogP contribution in [0.5, 0.6) is 0 Å². The fourth-order valence-electron chi connectivity index (χ4n) is 5.62. The molecule has 2 nitrogen and oxygen atoms in total. The molecule has 0 aliphatic heterocycles. The van der Waals surface area contributed by atoms with E-state index in [9.17, 15) is 0 Å². The fourth-order valence-corrected chi connectivity index (χ4v) is 7.95. The van der Waals surface area contributed by atoms with E-state index in [0.29, 0.717) is 0 Å². The summed E-state index contributed by atoms with van der Waals surface area (Å²) in [4.78, 5) is 2.39. The molecule has 0 amide bonds. The molecule has 5 aromatic carbocycles. The molecule has 0 fully saturated rings. The first-order valence-corrected chi connectivity index (χ1v) is 21.2. The molecule has 0 saturated heterocycles. The van der Waals surface area contributed by atoms with Crippen molar-refractivity contribution in [2.24, 2.45) is 0 Å². The van der Waals surface area contributed by atoms with Crippen molar-refractivity contribution in [1.82, 2.24) is 4.57 Å². The summed E-state index contributed by atoms with van der Waals surface area (Å²) in [6.07, 6.45) is 0. The lowest BCUT2D eigenvalue weighted by Gasteiger charge is -2.28. The summed E-state index contributed by atoms with van der Waals surface area (Å²) >= 11 is 0. The van der Waals surface area contributed by atoms with Gasteiger partial charge in [0, 0.05) is 33.5 Å². The topological polar surface area (TPSA) is 8.17 Å². The minimum Gasteiger partial charge on any atom is -0.311 e. The molecule has 0 aliphatic carbocycles. The van der Waals surface area contributed by atoms with Crippen molar-refractivity contribution in [3.8, 4) is 5.69 Å². The second-order valence-electron chi connectivity index (χ2n) is 12.8. The van der Waals surface area contributed by atoms with Gasteiger partial charge in [-0.25, -0.2) is 0 Å². The van der Waals surface area contributed by atoms with E-state index in [1.165, 1.54) is 49.2 Å². The predicted octanol–water partition coefficient (Wildman–Crippen LogP) is 9.34. The highest BCUT2D eigenvalue weighted by Gasteiger charge is 2.20. The fraction of sp³-hybridized carbons (Fsp3) is 0.167. The Labute approximate surface area is 240 Å². The van der Waals surface area contributed by atoms with Crippen LogP contribution in [0.4, 0.5) is 17.1 Å². The van der Waals surface area contributed by atoms with Gasteiger partial charge in [-0.1, -0.05) is 110 Å². The number of anilines is 3. The molecule has 0 unspecified atom stereocenters. The van der Waals surface area contributed by atoms with Crippen LogP contribution in [-0.2, 0) is 0 Å². The molecule has 0 saturated carbocycles. The van der Waals surface area contributed by atoms with Gasteiger partial charge in [0.25, 0.3) is 0 Å². The van der Waals surface area contributed by atoms with Gasteiger partial charge in [0.2, 0.25) is 0 Å². The molecule has 0 bridgehead atoms. The van der Waals surface area contributed by atoms with Gasteiger partial charge in [0.15, 0.2) is 0 Å². The Morgan fingerprint density at radius 3 is 1.15 bits per heavy atom. The molecule has 4 heteroatoms. The van der Waals surface area contributed by atoms with Crippen LogP contribution in [0.25, 0.3) is 27.5 Å². The molecule has 0 atom stereocenters. The second-order valence-corrected chi connectivity index (χ2v) is 23.0. The molecule has 1 aromatic heterocycles. The van der Waals surface area contributed by atoms with Crippen molar-refractivity contribution >= 4 is 65.4 Å². The van der Waals surface area contributed by atoms with E-state index in [2.05, 4.69) is 170 Å². The smallest absolute Gasteiger partial charge is 0.0775 e. The average Bonchev–Trinajstić information content (AvgIpc) is 3.28. The van der Waals surface area contributed by atoms with Gasteiger partial charge in [-0.3, -0.25) is 0 Å². The highest BCUT2D eigenvalue weighted by molar-refractivity contribution is 6.89. The van der Waals surface area contributed by atoms with Crippen LogP contribution >= 0.6 is 0 Å². The number of fused-ring (bicyclic) bond motifs is 3. The van der Waals surface area contributed by atoms with E-state index in [0.717, 1.165) is 5.69 Å². The number of hydrogen-bond donors (Lipinski definition) is 0. The Hall–Kier alpha value is -3.87. The molecular weight excluding hydrogens is 517 g/mol. The molecule has 1 heterocycles. The molecule has 0 radical (unpaired) electrons. The first-order chi connectivity index (χ1) is 19.1. The third kappa shape index (κ3) is 4.82. The van der Waals surface area contributed by atoms with Crippen molar-refractivity contribution in [3.63, 3.8) is 0 Å². The zero-order chi connectivity index (χ0) is 28.1. The summed E-state index contributed by atoms with van der Waals surface area (Å²) in [7, 11) is -2.76. The molecule has 0 aliphatic rings. The first kappa shape index (κ1) is 26.4. The van der Waals surface area contributed by atoms with E-state index < -0.39 is 16.1 Å². The quantitative estimate of drug-likeness (QED) is 0.186. The lowest BCUT2D eigenvalue weighted by Crippen LogP contribution is -2.37.